The van der Waals surface area contributed by atoms with Crippen LogP contribution in [-0.4, -0.2) is 44.7 Å². The first-order chi connectivity index (χ1) is 22.2. The summed E-state index contributed by atoms with van der Waals surface area (Å²) in [4.78, 5) is 46.3. The number of ether oxygens (including phenoxy) is 1. The highest BCUT2D eigenvalue weighted by Crippen LogP contribution is 2.39. The van der Waals surface area contributed by atoms with Gasteiger partial charge in [0.1, 0.15) is 11.2 Å². The largest absolute Gasteiger partial charge is 0.481 e. The van der Waals surface area contributed by atoms with Gasteiger partial charge in [-0.3, -0.25) is 18.7 Å². The van der Waals surface area contributed by atoms with Crippen LogP contribution in [0.2, 0.25) is 5.02 Å². The third-order valence-corrected chi connectivity index (χ3v) is 8.87. The van der Waals surface area contributed by atoms with Gasteiger partial charge >= 0.3 is 5.69 Å². The number of hydrogen-bond donors (Lipinski definition) is 3. The summed E-state index contributed by atoms with van der Waals surface area (Å²) in [5, 5.41) is 10.5. The summed E-state index contributed by atoms with van der Waals surface area (Å²) in [7, 11) is 4.67. The van der Waals surface area contributed by atoms with Crippen molar-refractivity contribution in [1.82, 2.24) is 29.7 Å². The average molecular weight is 640 g/mol. The predicted molar refractivity (Wildman–Crippen MR) is 180 cm³/mol. The summed E-state index contributed by atoms with van der Waals surface area (Å²) in [5.74, 6) is 0.943. The Morgan fingerprint density at radius 1 is 1.00 bits per heavy atom. The van der Waals surface area contributed by atoms with Gasteiger partial charge in [0, 0.05) is 68.2 Å². The van der Waals surface area contributed by atoms with Crippen LogP contribution in [-0.2, 0) is 25.4 Å². The van der Waals surface area contributed by atoms with Gasteiger partial charge in [0.2, 0.25) is 11.8 Å². The zero-order valence-electron chi connectivity index (χ0n) is 26.0. The normalized spacial score (nSPS) is 14.5. The molecule has 1 fully saturated rings. The smallest absolute Gasteiger partial charge is 0.330 e. The van der Waals surface area contributed by atoms with Gasteiger partial charge in [-0.25, -0.2) is 14.8 Å². The van der Waals surface area contributed by atoms with Gasteiger partial charge in [-0.05, 0) is 42.7 Å². The molecule has 1 saturated heterocycles. The Morgan fingerprint density at radius 3 is 2.52 bits per heavy atom. The molecule has 1 atom stereocenters. The number of nitrogens with zero attached hydrogens (tertiary/aromatic N) is 4. The van der Waals surface area contributed by atoms with Crippen LogP contribution in [0.3, 0.4) is 0 Å². The van der Waals surface area contributed by atoms with E-state index in [1.807, 2.05) is 55.5 Å². The van der Waals surface area contributed by atoms with Crippen molar-refractivity contribution < 1.29 is 9.53 Å². The number of aromatic nitrogens is 4. The maximum absolute atomic E-state index is 13.1. The fraction of sp³-hybridized carbons (Fsp3) is 0.265. The fourth-order valence-corrected chi connectivity index (χ4v) is 6.21. The van der Waals surface area contributed by atoms with E-state index in [0.29, 0.717) is 52.8 Å². The highest BCUT2D eigenvalue weighted by molar-refractivity contribution is 6.36. The minimum atomic E-state index is -0.426. The van der Waals surface area contributed by atoms with E-state index >= 15 is 0 Å². The van der Waals surface area contributed by atoms with Crippen LogP contribution in [0, 0.1) is 6.92 Å². The van der Waals surface area contributed by atoms with Gasteiger partial charge in [-0.2, -0.15) is 0 Å². The summed E-state index contributed by atoms with van der Waals surface area (Å²) in [5.41, 5.74) is 5.32. The van der Waals surface area contributed by atoms with Gasteiger partial charge in [0.05, 0.1) is 23.3 Å². The highest BCUT2D eigenvalue weighted by Gasteiger charge is 2.21. The molecule has 0 radical (unpaired) electrons. The molecule has 0 saturated carbocycles. The first-order valence-electron chi connectivity index (χ1n) is 14.9. The zero-order chi connectivity index (χ0) is 32.5. The molecule has 0 aliphatic carbocycles. The molecule has 4 heterocycles. The van der Waals surface area contributed by atoms with Crippen LogP contribution in [0.4, 0.5) is 11.5 Å². The zero-order valence-corrected chi connectivity index (χ0v) is 26.7. The lowest BCUT2D eigenvalue weighted by molar-refractivity contribution is -0.119. The molecule has 1 aliphatic rings. The Labute approximate surface area is 270 Å². The summed E-state index contributed by atoms with van der Waals surface area (Å²) in [6, 6.07) is 17.3. The third-order valence-electron chi connectivity index (χ3n) is 8.46. The van der Waals surface area contributed by atoms with Crippen molar-refractivity contribution >= 4 is 39.9 Å². The lowest BCUT2D eigenvalue weighted by atomic mass is 9.96. The molecule has 2 aromatic carbocycles. The number of carbonyl (C=O) groups is 1. The molecular formula is C34H34ClN7O4. The van der Waals surface area contributed by atoms with Crippen LogP contribution in [0.1, 0.15) is 24.0 Å². The Bertz CT molecular complexity index is 2110. The van der Waals surface area contributed by atoms with Gasteiger partial charge in [-0.1, -0.05) is 48.0 Å². The van der Waals surface area contributed by atoms with Crippen molar-refractivity contribution in [3.05, 3.63) is 97.8 Å². The summed E-state index contributed by atoms with van der Waals surface area (Å²) in [6.45, 7) is 3.19. The first kappa shape index (κ1) is 31.0. The number of benzene rings is 2. The van der Waals surface area contributed by atoms with E-state index in [-0.39, 0.29) is 11.9 Å². The highest BCUT2D eigenvalue weighted by atomic mass is 35.5. The number of fused-ring (bicyclic) bond motifs is 1. The number of amides is 1. The molecular weight excluding hydrogens is 606 g/mol. The molecule has 12 heteroatoms. The number of pyridine rings is 2. The van der Waals surface area contributed by atoms with Crippen LogP contribution < -0.4 is 31.9 Å². The minimum absolute atomic E-state index is 0.0933. The SMILES string of the molecule is COc1nc(-c2cccc(-c3cccc(Nc4nccc5c4c(=O)n(C)c(=O)n5C)c3C)c2Cl)ccc1CNC[C@@H]1CCC(=O)N1. The summed E-state index contributed by atoms with van der Waals surface area (Å²) >= 11 is 7.08. The molecule has 5 aromatic rings. The van der Waals surface area contributed by atoms with E-state index in [1.54, 1.807) is 26.4 Å². The Hall–Kier alpha value is -5.00. The number of carbonyl (C=O) groups excluding carboxylic acids is 1. The molecule has 46 heavy (non-hydrogen) atoms. The van der Waals surface area contributed by atoms with E-state index < -0.39 is 11.2 Å². The van der Waals surface area contributed by atoms with Crippen molar-refractivity contribution in [2.45, 2.75) is 32.4 Å². The molecule has 11 nitrogen and oxygen atoms in total. The van der Waals surface area contributed by atoms with Gasteiger partial charge in [0.15, 0.2) is 0 Å². The topological polar surface area (TPSA) is 132 Å². The van der Waals surface area contributed by atoms with Crippen LogP contribution in [0.5, 0.6) is 5.88 Å². The number of hydrogen-bond acceptors (Lipinski definition) is 8. The minimum Gasteiger partial charge on any atom is -0.481 e. The van der Waals surface area contributed by atoms with Crippen LogP contribution in [0.25, 0.3) is 33.3 Å². The molecule has 1 amide bonds. The number of methoxy groups -OCH3 is 1. The van der Waals surface area contributed by atoms with E-state index in [9.17, 15) is 14.4 Å². The lowest BCUT2D eigenvalue weighted by Gasteiger charge is -2.17. The van der Waals surface area contributed by atoms with Crippen LogP contribution >= 0.6 is 11.6 Å². The number of nitrogens with one attached hydrogen (secondary N) is 3. The number of aryl methyl sites for hydroxylation is 1. The standard InChI is InChI=1S/C34H34ClN7O4/c1-19-22(7-6-10-25(19)39-31-29-27(15-16-37-31)41(2)34(45)42(3)33(29)44)23-8-5-9-24(30(23)35)26-13-11-20(32(40-26)46-4)17-36-18-21-12-14-28(43)38-21/h5-11,13,15-16,21,36H,12,14,17-18H2,1-4H3,(H,37,39)(H,38,43)/t21-/m0/s1. The van der Waals surface area contributed by atoms with Gasteiger partial charge in [-0.15, -0.1) is 0 Å². The Morgan fingerprint density at radius 2 is 1.76 bits per heavy atom. The van der Waals surface area contributed by atoms with Crippen molar-refractivity contribution in [2.75, 3.05) is 19.0 Å². The van der Waals surface area contributed by atoms with E-state index in [1.165, 1.54) is 11.6 Å². The van der Waals surface area contributed by atoms with Crippen molar-refractivity contribution in [3.8, 4) is 28.3 Å². The van der Waals surface area contributed by atoms with E-state index in [2.05, 4.69) is 20.9 Å². The average Bonchev–Trinajstić information content (AvgIpc) is 3.48. The third kappa shape index (κ3) is 5.75. The Balaban J connectivity index is 1.30. The van der Waals surface area contributed by atoms with E-state index in [4.69, 9.17) is 21.3 Å². The molecule has 0 unspecified atom stereocenters. The van der Waals surface area contributed by atoms with Gasteiger partial charge in [0.25, 0.3) is 5.56 Å². The quantitative estimate of drug-likeness (QED) is 0.216. The molecule has 6 rings (SSSR count). The Kier molecular flexibility index (Phi) is 8.61. The number of anilines is 2. The number of rotatable bonds is 9. The first-order valence-corrected chi connectivity index (χ1v) is 15.3. The molecule has 3 aromatic heterocycles. The molecule has 1 aliphatic heterocycles. The van der Waals surface area contributed by atoms with E-state index in [0.717, 1.165) is 44.5 Å². The lowest BCUT2D eigenvalue weighted by Crippen LogP contribution is -2.37. The molecule has 3 N–H and O–H groups in total. The number of halogens is 1. The molecule has 236 valence electrons. The van der Waals surface area contributed by atoms with Crippen LogP contribution in [0.15, 0.2) is 70.4 Å². The fourth-order valence-electron chi connectivity index (χ4n) is 5.89. The van der Waals surface area contributed by atoms with Crippen molar-refractivity contribution in [1.29, 1.82) is 0 Å². The second-order valence-electron chi connectivity index (χ2n) is 11.3. The van der Waals surface area contributed by atoms with Gasteiger partial charge < -0.3 is 20.7 Å². The second kappa shape index (κ2) is 12.8. The van der Waals surface area contributed by atoms with Crippen molar-refractivity contribution in [3.63, 3.8) is 0 Å². The maximum Gasteiger partial charge on any atom is 0.330 e. The second-order valence-corrected chi connectivity index (χ2v) is 11.7. The summed E-state index contributed by atoms with van der Waals surface area (Å²) in [6.07, 6.45) is 2.97. The maximum atomic E-state index is 13.1. The molecule has 0 bridgehead atoms. The summed E-state index contributed by atoms with van der Waals surface area (Å²) < 4.78 is 8.14. The predicted octanol–water partition coefficient (Wildman–Crippen LogP) is 4.44. The monoisotopic (exact) mass is 639 g/mol. The molecule has 0 spiro atoms. The van der Waals surface area contributed by atoms with Crippen molar-refractivity contribution in [2.24, 2.45) is 14.1 Å².